The molecule has 14 atom stereocenters. The third kappa shape index (κ3) is 5.29. The topological polar surface area (TPSA) is 102 Å². The smallest absolute Gasteiger partial charge is 0.165 e. The maximum atomic E-state index is 13.2. The van der Waals surface area contributed by atoms with Gasteiger partial charge in [-0.25, -0.2) is 0 Å². The Morgan fingerprint density at radius 2 is 1.07 bits per heavy atom. The van der Waals surface area contributed by atoms with Gasteiger partial charge in [0.25, 0.3) is 0 Å². The van der Waals surface area contributed by atoms with Crippen LogP contribution in [0.5, 0.6) is 23.0 Å². The van der Waals surface area contributed by atoms with E-state index in [1.807, 2.05) is 7.11 Å². The minimum atomic E-state index is -1.04. The van der Waals surface area contributed by atoms with Crippen molar-refractivity contribution in [2.24, 2.45) is 45.3 Å². The van der Waals surface area contributed by atoms with E-state index in [4.69, 9.17) is 28.4 Å². The Labute approximate surface area is 418 Å². The molecule has 4 spiro atoms. The summed E-state index contributed by atoms with van der Waals surface area (Å²) in [4.78, 5) is 5.77. The van der Waals surface area contributed by atoms with Gasteiger partial charge < -0.3 is 38.6 Å². The summed E-state index contributed by atoms with van der Waals surface area (Å²) in [6.07, 6.45) is 14.8. The highest BCUT2D eigenvalue weighted by Gasteiger charge is 2.84. The first kappa shape index (κ1) is 46.0. The van der Waals surface area contributed by atoms with Crippen molar-refractivity contribution in [2.45, 2.75) is 203 Å². The zero-order chi connectivity index (χ0) is 48.6. The molecule has 0 amide bonds. The second kappa shape index (κ2) is 14.2. The van der Waals surface area contributed by atoms with Crippen molar-refractivity contribution in [1.82, 2.24) is 9.80 Å². The van der Waals surface area contributed by atoms with Crippen molar-refractivity contribution < 1.29 is 38.6 Å². The summed E-state index contributed by atoms with van der Waals surface area (Å²) < 4.78 is 43.0. The Kier molecular flexibility index (Phi) is 9.33. The van der Waals surface area contributed by atoms with Gasteiger partial charge in [-0.3, -0.25) is 9.80 Å². The molecular weight excluding hydrogens is 877 g/mol. The minimum absolute atomic E-state index is 0.0344. The zero-order valence-electron chi connectivity index (χ0n) is 44.3. The Balaban J connectivity index is 0.823. The molecule has 4 aliphatic heterocycles. The Morgan fingerprint density at radius 3 is 1.56 bits per heavy atom. The number of ether oxygens (including phenoxy) is 6. The molecule has 10 heteroatoms. The van der Waals surface area contributed by atoms with E-state index >= 15 is 0 Å². The SMILES string of the molecule is COc1ccc2c3c1O[C@@H]1[C@@]4(OCCOc5ccc6c7c5O[C@H]5C78CCN(CC7CC7)[C@H](C6)[C@]86CC[C@]5(OC)C([C@](C)(O)C(C)(C)C)C6)CC[C@@]5(C[C@@H]4[C@](C)(O)C(C)(C)C)[C@@H](C2)N(CC2CC2)CC[C@]315. The molecule has 10 fully saturated rings. The van der Waals surface area contributed by atoms with Crippen LogP contribution in [0.25, 0.3) is 0 Å². The summed E-state index contributed by atoms with van der Waals surface area (Å²) in [5.41, 5.74) is 0.936. The molecule has 0 radical (unpaired) electrons. The van der Waals surface area contributed by atoms with Crippen molar-refractivity contribution in [1.29, 1.82) is 0 Å². The van der Waals surface area contributed by atoms with Crippen LogP contribution in [0.3, 0.4) is 0 Å². The van der Waals surface area contributed by atoms with Crippen LogP contribution in [0.15, 0.2) is 24.3 Å². The maximum Gasteiger partial charge on any atom is 0.165 e. The molecule has 70 heavy (non-hydrogen) atoms. The summed E-state index contributed by atoms with van der Waals surface area (Å²) in [5.74, 6) is 4.83. The predicted octanol–water partition coefficient (Wildman–Crippen LogP) is 9.19. The van der Waals surface area contributed by atoms with E-state index in [0.29, 0.717) is 25.3 Å². The van der Waals surface area contributed by atoms with Crippen LogP contribution < -0.4 is 18.9 Å². The number of piperidine rings is 2. The van der Waals surface area contributed by atoms with Crippen molar-refractivity contribution in [3.8, 4) is 23.0 Å². The third-order valence-corrected chi connectivity index (χ3v) is 24.2. The molecule has 2 saturated heterocycles. The second-order valence-corrected chi connectivity index (χ2v) is 28.2. The number of hydrogen-bond donors (Lipinski definition) is 2. The van der Waals surface area contributed by atoms with Crippen molar-refractivity contribution >= 4 is 0 Å². The summed E-state index contributed by atoms with van der Waals surface area (Å²) in [7, 11) is 3.67. The average Bonchev–Trinajstić information content (AvgIpc) is 4.25. The van der Waals surface area contributed by atoms with Gasteiger partial charge in [0, 0.05) is 76.9 Å². The van der Waals surface area contributed by atoms with Gasteiger partial charge in [0.2, 0.25) is 0 Å². The highest BCUT2D eigenvalue weighted by Crippen LogP contribution is 2.80. The number of aliphatic hydroxyl groups is 2. The molecule has 2 unspecified atom stereocenters. The number of nitrogens with zero attached hydrogens (tertiary/aromatic N) is 2. The maximum absolute atomic E-state index is 13.2. The number of rotatable bonds is 13. The van der Waals surface area contributed by atoms with Gasteiger partial charge in [0.1, 0.15) is 30.0 Å². The fraction of sp³-hybridized carbons (Fsp3) is 0.800. The highest BCUT2D eigenvalue weighted by molar-refractivity contribution is 5.65. The standard InChI is InChI=1S/C60H84N2O8/c1-51(2,3)53(7,63)41-31-55-19-21-59(41,66-10)49-57(55)23-25-61(33-35-11-12-35)43(55)30-38-16-18-40(48(70-49)46(38)57)67-27-28-68-60-22-20-56(32-42(60)54(8,64)52(4,5)6)44-29-37-15-17-39(65-9)47-45(37)58(56,50(60)69-47)24-26-62(44)34-36-13-14-36/h15-18,35-36,41-44,49-50,63-64H,11-14,19-34H2,1-10H3/t41?,42-,43-,44-,49+,50+,53+,54+,55-,56-,57?,58+,59+,60-/m1/s1. The first-order valence-corrected chi connectivity index (χ1v) is 28.1. The lowest BCUT2D eigenvalue weighted by atomic mass is 9.33. The lowest BCUT2D eigenvalue weighted by molar-refractivity contribution is -0.319. The summed E-state index contributed by atoms with van der Waals surface area (Å²) in [6.45, 7) is 22.6. The molecule has 10 nitrogen and oxygen atoms in total. The molecule has 2 aromatic rings. The van der Waals surface area contributed by atoms with Crippen LogP contribution in [0.1, 0.15) is 155 Å². The molecule has 16 rings (SSSR count). The second-order valence-electron chi connectivity index (χ2n) is 28.2. The van der Waals surface area contributed by atoms with Crippen LogP contribution in [-0.4, -0.2) is 120 Å². The lowest BCUT2D eigenvalue weighted by Gasteiger charge is -2.75. The normalized spacial score (nSPS) is 43.1. The molecular formula is C60H84N2O8. The summed E-state index contributed by atoms with van der Waals surface area (Å²) in [6, 6.07) is 9.85. The van der Waals surface area contributed by atoms with E-state index in [1.165, 1.54) is 61.0 Å². The Hall–Kier alpha value is -2.60. The molecule has 4 heterocycles. The van der Waals surface area contributed by atoms with Crippen LogP contribution in [0.4, 0.5) is 0 Å². The molecule has 8 saturated carbocycles. The van der Waals surface area contributed by atoms with Crippen LogP contribution >= 0.6 is 0 Å². The Bertz CT molecular complexity index is 2520. The number of methoxy groups -OCH3 is 2. The molecule has 2 aromatic carbocycles. The van der Waals surface area contributed by atoms with E-state index in [1.54, 1.807) is 7.11 Å². The molecule has 0 aromatic heterocycles. The first-order valence-electron chi connectivity index (χ1n) is 28.1. The molecule has 2 N–H and O–H groups in total. The fourth-order valence-corrected chi connectivity index (χ4v) is 19.7. The number of likely N-dealkylation sites (tertiary alicyclic amines) is 2. The number of fused-ring (bicyclic) bond motifs is 4. The fourth-order valence-electron chi connectivity index (χ4n) is 19.7. The van der Waals surface area contributed by atoms with Gasteiger partial charge in [-0.2, -0.15) is 0 Å². The summed E-state index contributed by atoms with van der Waals surface area (Å²) in [5, 5.41) is 26.0. The lowest BCUT2D eigenvalue weighted by Crippen LogP contribution is -2.83. The predicted molar refractivity (Wildman–Crippen MR) is 268 cm³/mol. The molecule has 382 valence electrons. The number of benzene rings is 2. The quantitative estimate of drug-likeness (QED) is 0.189. The van der Waals surface area contributed by atoms with Gasteiger partial charge in [-0.05, 0) is 163 Å². The van der Waals surface area contributed by atoms with Crippen molar-refractivity contribution in [2.75, 3.05) is 53.6 Å². The van der Waals surface area contributed by atoms with Gasteiger partial charge in [-0.15, -0.1) is 0 Å². The van der Waals surface area contributed by atoms with Crippen LogP contribution in [0.2, 0.25) is 0 Å². The zero-order valence-corrected chi connectivity index (χ0v) is 44.3. The highest BCUT2D eigenvalue weighted by atomic mass is 16.6. The monoisotopic (exact) mass is 961 g/mol. The van der Waals surface area contributed by atoms with Gasteiger partial charge in [0.05, 0.1) is 24.9 Å². The van der Waals surface area contributed by atoms with Crippen molar-refractivity contribution in [3.63, 3.8) is 0 Å². The van der Waals surface area contributed by atoms with E-state index < -0.39 is 27.8 Å². The largest absolute Gasteiger partial charge is 0.493 e. The van der Waals surface area contributed by atoms with Crippen molar-refractivity contribution in [3.05, 3.63) is 46.5 Å². The Morgan fingerprint density at radius 1 is 0.600 bits per heavy atom. The van der Waals surface area contributed by atoms with E-state index in [2.05, 4.69) is 89.5 Å². The van der Waals surface area contributed by atoms with E-state index in [0.717, 1.165) is 112 Å². The van der Waals surface area contributed by atoms with Gasteiger partial charge >= 0.3 is 0 Å². The minimum Gasteiger partial charge on any atom is -0.493 e. The third-order valence-electron chi connectivity index (χ3n) is 24.2. The molecule has 8 bridgehead atoms. The van der Waals surface area contributed by atoms with Gasteiger partial charge in [-0.1, -0.05) is 53.7 Å². The van der Waals surface area contributed by atoms with E-state index in [-0.39, 0.29) is 51.1 Å². The van der Waals surface area contributed by atoms with Crippen LogP contribution in [0, 0.1) is 45.3 Å². The first-order chi connectivity index (χ1) is 33.2. The van der Waals surface area contributed by atoms with E-state index in [9.17, 15) is 10.2 Å². The summed E-state index contributed by atoms with van der Waals surface area (Å²) >= 11 is 0. The molecule has 10 aliphatic carbocycles. The van der Waals surface area contributed by atoms with Crippen LogP contribution in [-0.2, 0) is 33.1 Å². The number of hydrogen-bond acceptors (Lipinski definition) is 10. The molecule has 14 aliphatic rings. The van der Waals surface area contributed by atoms with Gasteiger partial charge in [0.15, 0.2) is 23.0 Å². The average molecular weight is 961 g/mol.